The van der Waals surface area contributed by atoms with Crippen LogP contribution in [0.5, 0.6) is 5.75 Å². The van der Waals surface area contributed by atoms with Crippen LogP contribution >= 0.6 is 0 Å². The van der Waals surface area contributed by atoms with Gasteiger partial charge in [0.1, 0.15) is 5.75 Å². The first kappa shape index (κ1) is 15.0. The number of para-hydroxylation sites is 1. The maximum Gasteiger partial charge on any atom is 0.124 e. The first-order chi connectivity index (χ1) is 8.79. The van der Waals surface area contributed by atoms with Crippen molar-refractivity contribution in [2.45, 2.75) is 32.7 Å². The lowest BCUT2D eigenvalue weighted by Gasteiger charge is -2.18. The Morgan fingerprint density at radius 1 is 1.22 bits per heavy atom. The quantitative estimate of drug-likeness (QED) is 0.684. The van der Waals surface area contributed by atoms with E-state index >= 15 is 0 Å². The average molecular weight is 251 g/mol. The molecule has 0 aliphatic rings. The van der Waals surface area contributed by atoms with E-state index in [-0.39, 0.29) is 6.04 Å². The van der Waals surface area contributed by atoms with Gasteiger partial charge in [0.25, 0.3) is 0 Å². The molecule has 0 radical (unpaired) electrons. The molecule has 0 saturated carbocycles. The highest BCUT2D eigenvalue weighted by atomic mass is 16.5. The molecule has 1 aromatic carbocycles. The third kappa shape index (κ3) is 5.07. The molecule has 0 heterocycles. The average Bonchev–Trinajstić information content (AvgIpc) is 2.40. The van der Waals surface area contributed by atoms with Crippen LogP contribution in [0.15, 0.2) is 24.3 Å². The minimum absolute atomic E-state index is 0.276. The van der Waals surface area contributed by atoms with Crippen LogP contribution in [-0.2, 0) is 4.74 Å². The maximum absolute atomic E-state index is 5.83. The first-order valence-corrected chi connectivity index (χ1v) is 6.73. The van der Waals surface area contributed by atoms with Gasteiger partial charge in [-0.05, 0) is 19.4 Å². The fourth-order valence-corrected chi connectivity index (χ4v) is 1.78. The smallest absolute Gasteiger partial charge is 0.124 e. The largest absolute Gasteiger partial charge is 0.493 e. The number of ether oxygens (including phenoxy) is 2. The normalized spacial score (nSPS) is 12.4. The molecular formula is C15H25NO2. The monoisotopic (exact) mass is 251 g/mol. The molecule has 0 saturated heterocycles. The summed E-state index contributed by atoms with van der Waals surface area (Å²) in [6.07, 6.45) is 2.25. The topological polar surface area (TPSA) is 30.5 Å². The van der Waals surface area contributed by atoms with Crippen molar-refractivity contribution in [2.24, 2.45) is 0 Å². The van der Waals surface area contributed by atoms with Gasteiger partial charge in [-0.2, -0.15) is 0 Å². The zero-order valence-corrected chi connectivity index (χ0v) is 11.7. The fraction of sp³-hybridized carbons (Fsp3) is 0.600. The van der Waals surface area contributed by atoms with Crippen molar-refractivity contribution < 1.29 is 9.47 Å². The van der Waals surface area contributed by atoms with Crippen LogP contribution < -0.4 is 10.1 Å². The van der Waals surface area contributed by atoms with Gasteiger partial charge < -0.3 is 14.8 Å². The fourth-order valence-electron chi connectivity index (χ4n) is 1.78. The number of hydrogen-bond donors (Lipinski definition) is 1. The number of unbranched alkanes of at least 4 members (excludes halogenated alkanes) is 1. The van der Waals surface area contributed by atoms with Crippen molar-refractivity contribution in [1.82, 2.24) is 5.32 Å². The summed E-state index contributed by atoms with van der Waals surface area (Å²) >= 11 is 0. The van der Waals surface area contributed by atoms with Crippen LogP contribution in [0.25, 0.3) is 0 Å². The second-order valence-electron chi connectivity index (χ2n) is 4.41. The molecule has 0 spiro atoms. The minimum atomic E-state index is 0.276. The lowest BCUT2D eigenvalue weighted by Crippen LogP contribution is -2.23. The Hall–Kier alpha value is -1.06. The van der Waals surface area contributed by atoms with Gasteiger partial charge >= 0.3 is 0 Å². The van der Waals surface area contributed by atoms with E-state index in [2.05, 4.69) is 31.3 Å². The van der Waals surface area contributed by atoms with E-state index in [1.165, 1.54) is 5.56 Å². The zero-order chi connectivity index (χ0) is 13.2. The Morgan fingerprint density at radius 3 is 2.72 bits per heavy atom. The molecule has 0 fully saturated rings. The second kappa shape index (κ2) is 8.95. The summed E-state index contributed by atoms with van der Waals surface area (Å²) in [5, 5.41) is 3.43. The van der Waals surface area contributed by atoms with Crippen molar-refractivity contribution in [3.05, 3.63) is 29.8 Å². The van der Waals surface area contributed by atoms with Crippen LogP contribution in [-0.4, -0.2) is 26.9 Å². The van der Waals surface area contributed by atoms with Gasteiger partial charge in [-0.3, -0.25) is 0 Å². The predicted molar refractivity (Wildman–Crippen MR) is 75.1 cm³/mol. The Balaban J connectivity index is 2.56. The summed E-state index contributed by atoms with van der Waals surface area (Å²) in [6, 6.07) is 8.51. The van der Waals surface area contributed by atoms with Gasteiger partial charge in [0, 0.05) is 25.3 Å². The van der Waals surface area contributed by atoms with E-state index in [1.807, 2.05) is 12.1 Å². The standard InChI is InChI=1S/C15H25NO2/c1-4-5-11-18-15-9-7-6-8-14(15)13(2)16-10-12-17-3/h6-9,13,16H,4-5,10-12H2,1-3H3/t13-/m0/s1. The Bertz CT molecular complexity index is 328. The predicted octanol–water partition coefficient (Wildman–Crippen LogP) is 3.16. The first-order valence-electron chi connectivity index (χ1n) is 6.73. The molecule has 0 aliphatic carbocycles. The summed E-state index contributed by atoms with van der Waals surface area (Å²) in [5.74, 6) is 0.989. The summed E-state index contributed by atoms with van der Waals surface area (Å²) in [6.45, 7) is 6.68. The number of nitrogens with one attached hydrogen (secondary N) is 1. The van der Waals surface area contributed by atoms with Gasteiger partial charge in [-0.15, -0.1) is 0 Å². The highest BCUT2D eigenvalue weighted by Gasteiger charge is 2.10. The lowest BCUT2D eigenvalue weighted by molar-refractivity contribution is 0.196. The van der Waals surface area contributed by atoms with E-state index in [9.17, 15) is 0 Å². The van der Waals surface area contributed by atoms with Crippen molar-refractivity contribution in [1.29, 1.82) is 0 Å². The number of benzene rings is 1. The molecule has 1 N–H and O–H groups in total. The maximum atomic E-state index is 5.83. The summed E-state index contributed by atoms with van der Waals surface area (Å²) in [7, 11) is 1.72. The van der Waals surface area contributed by atoms with Gasteiger partial charge in [0.05, 0.1) is 13.2 Å². The third-order valence-electron chi connectivity index (χ3n) is 2.90. The van der Waals surface area contributed by atoms with Gasteiger partial charge in [0.2, 0.25) is 0 Å². The second-order valence-corrected chi connectivity index (χ2v) is 4.41. The zero-order valence-electron chi connectivity index (χ0n) is 11.7. The molecule has 0 aromatic heterocycles. The van der Waals surface area contributed by atoms with E-state index in [0.29, 0.717) is 0 Å². The highest BCUT2D eigenvalue weighted by molar-refractivity contribution is 5.35. The van der Waals surface area contributed by atoms with Crippen molar-refractivity contribution >= 4 is 0 Å². The molecule has 0 amide bonds. The molecule has 0 unspecified atom stereocenters. The number of methoxy groups -OCH3 is 1. The van der Waals surface area contributed by atoms with Crippen LogP contribution in [0, 0.1) is 0 Å². The SMILES string of the molecule is CCCCOc1ccccc1[C@H](C)NCCOC. The third-order valence-corrected chi connectivity index (χ3v) is 2.90. The molecule has 3 heteroatoms. The molecule has 1 aromatic rings. The lowest BCUT2D eigenvalue weighted by atomic mass is 10.1. The van der Waals surface area contributed by atoms with E-state index in [1.54, 1.807) is 7.11 Å². The molecule has 1 rings (SSSR count). The molecule has 3 nitrogen and oxygen atoms in total. The highest BCUT2D eigenvalue weighted by Crippen LogP contribution is 2.24. The van der Waals surface area contributed by atoms with Crippen LogP contribution in [0.1, 0.15) is 38.3 Å². The van der Waals surface area contributed by atoms with Gasteiger partial charge in [0.15, 0.2) is 0 Å². The minimum Gasteiger partial charge on any atom is -0.493 e. The summed E-state index contributed by atoms with van der Waals surface area (Å²) in [5.41, 5.74) is 1.21. The van der Waals surface area contributed by atoms with Crippen molar-refractivity contribution in [2.75, 3.05) is 26.9 Å². The molecule has 0 aliphatic heterocycles. The summed E-state index contributed by atoms with van der Waals surface area (Å²) < 4.78 is 10.9. The van der Waals surface area contributed by atoms with Crippen LogP contribution in [0.4, 0.5) is 0 Å². The van der Waals surface area contributed by atoms with Crippen LogP contribution in [0.3, 0.4) is 0 Å². The van der Waals surface area contributed by atoms with E-state index in [4.69, 9.17) is 9.47 Å². The molecule has 0 bridgehead atoms. The Labute approximate surface area is 110 Å². The van der Waals surface area contributed by atoms with Crippen LogP contribution in [0.2, 0.25) is 0 Å². The van der Waals surface area contributed by atoms with Crippen molar-refractivity contribution in [3.8, 4) is 5.75 Å². The van der Waals surface area contributed by atoms with E-state index in [0.717, 1.165) is 38.3 Å². The molecule has 1 atom stereocenters. The van der Waals surface area contributed by atoms with E-state index < -0.39 is 0 Å². The number of hydrogen-bond acceptors (Lipinski definition) is 3. The number of rotatable bonds is 9. The summed E-state index contributed by atoms with van der Waals surface area (Å²) in [4.78, 5) is 0. The van der Waals surface area contributed by atoms with Crippen molar-refractivity contribution in [3.63, 3.8) is 0 Å². The van der Waals surface area contributed by atoms with Gasteiger partial charge in [-0.1, -0.05) is 31.5 Å². The Kier molecular flexibility index (Phi) is 7.46. The molecular weight excluding hydrogens is 226 g/mol. The Morgan fingerprint density at radius 2 is 2.00 bits per heavy atom. The van der Waals surface area contributed by atoms with Gasteiger partial charge in [-0.25, -0.2) is 0 Å². The molecule has 18 heavy (non-hydrogen) atoms. The molecule has 102 valence electrons.